The van der Waals surface area contributed by atoms with Gasteiger partial charge in [-0.15, -0.1) is 0 Å². The average Bonchev–Trinajstić information content (AvgIpc) is 3.45. The second-order valence-electron chi connectivity index (χ2n) is 6.75. The fraction of sp³-hybridized carbons (Fsp3) is 0.238. The molecule has 2 atom stereocenters. The van der Waals surface area contributed by atoms with Gasteiger partial charge in [0, 0.05) is 36.4 Å². The maximum absolute atomic E-state index is 5.76. The van der Waals surface area contributed by atoms with Crippen LogP contribution in [-0.2, 0) is 6.54 Å². The van der Waals surface area contributed by atoms with Gasteiger partial charge in [0.05, 0.1) is 11.7 Å². The Hall–Kier alpha value is -3.06. The fourth-order valence-electron chi connectivity index (χ4n) is 3.95. The molecule has 142 valence electrons. The van der Waals surface area contributed by atoms with E-state index in [2.05, 4.69) is 45.0 Å². The third-order valence-corrected chi connectivity index (χ3v) is 5.56. The molecule has 0 saturated carbocycles. The van der Waals surface area contributed by atoms with Crippen LogP contribution in [0.25, 0.3) is 0 Å². The van der Waals surface area contributed by atoms with Gasteiger partial charge in [-0.05, 0) is 55.5 Å². The van der Waals surface area contributed by atoms with Crippen LogP contribution < -0.4 is 19.7 Å². The van der Waals surface area contributed by atoms with E-state index in [0.29, 0.717) is 5.11 Å². The van der Waals surface area contributed by atoms with Crippen LogP contribution in [0.2, 0.25) is 0 Å². The quantitative estimate of drug-likeness (QED) is 0.682. The Labute approximate surface area is 168 Å². The molecule has 1 fully saturated rings. The third-order valence-electron chi connectivity index (χ3n) is 5.24. The molecule has 5 rings (SSSR count). The summed E-state index contributed by atoms with van der Waals surface area (Å²) in [6.07, 6.45) is 3.92. The van der Waals surface area contributed by atoms with Crippen molar-refractivity contribution in [2.24, 2.45) is 0 Å². The Morgan fingerprint density at radius 3 is 2.86 bits per heavy atom. The van der Waals surface area contributed by atoms with Crippen LogP contribution >= 0.6 is 12.2 Å². The Bertz CT molecular complexity index is 1020. The Balaban J connectivity index is 1.63. The summed E-state index contributed by atoms with van der Waals surface area (Å²) in [6.45, 7) is 3.28. The van der Waals surface area contributed by atoms with E-state index in [4.69, 9.17) is 21.7 Å². The van der Waals surface area contributed by atoms with Gasteiger partial charge in [0.25, 0.3) is 0 Å². The van der Waals surface area contributed by atoms with Gasteiger partial charge in [0.2, 0.25) is 6.79 Å². The summed E-state index contributed by atoms with van der Waals surface area (Å²) in [5.74, 6) is 1.50. The fourth-order valence-corrected chi connectivity index (χ4v) is 4.30. The lowest BCUT2D eigenvalue weighted by molar-refractivity contribution is 0.174. The molecule has 0 spiro atoms. The van der Waals surface area contributed by atoms with E-state index >= 15 is 0 Å². The lowest BCUT2D eigenvalue weighted by Gasteiger charge is -2.28. The number of ether oxygens (including phenoxy) is 2. The van der Waals surface area contributed by atoms with Crippen LogP contribution in [0, 0.1) is 0 Å². The Morgan fingerprint density at radius 1 is 1.14 bits per heavy atom. The molecule has 2 aromatic heterocycles. The Morgan fingerprint density at radius 2 is 2.04 bits per heavy atom. The standard InChI is InChI=1S/C21H20N4O2S/c1-2-24-11-5-7-16(24)20-19(15-6-3-4-10-22-15)23-21(28)25(20)14-8-9-17-18(12-14)27-13-26-17/h3-12,19-20H,2,13H2,1H3,(H,23,28)/t19-,20+/m0/s1. The average molecular weight is 392 g/mol. The summed E-state index contributed by atoms with van der Waals surface area (Å²) in [5.41, 5.74) is 3.11. The first kappa shape index (κ1) is 17.1. The minimum absolute atomic E-state index is 0.0299. The lowest BCUT2D eigenvalue weighted by atomic mass is 10.0. The van der Waals surface area contributed by atoms with E-state index in [1.807, 2.05) is 42.6 Å². The molecule has 3 aromatic rings. The number of thiocarbonyl (C=S) groups is 1. The molecule has 6 nitrogen and oxygen atoms in total. The van der Waals surface area contributed by atoms with Gasteiger partial charge in [-0.2, -0.15) is 0 Å². The highest BCUT2D eigenvalue weighted by atomic mass is 32.1. The zero-order valence-corrected chi connectivity index (χ0v) is 16.2. The number of benzene rings is 1. The molecule has 0 unspecified atom stereocenters. The first-order chi connectivity index (χ1) is 13.8. The monoisotopic (exact) mass is 392 g/mol. The molecule has 28 heavy (non-hydrogen) atoms. The summed E-state index contributed by atoms with van der Waals surface area (Å²) < 4.78 is 13.3. The predicted octanol–water partition coefficient (Wildman–Crippen LogP) is 3.81. The van der Waals surface area contributed by atoms with Crippen LogP contribution in [0.15, 0.2) is 60.9 Å². The summed E-state index contributed by atoms with van der Waals surface area (Å²) in [7, 11) is 0. The zero-order chi connectivity index (χ0) is 19.1. The number of aryl methyl sites for hydroxylation is 1. The number of aromatic nitrogens is 2. The Kier molecular flexibility index (Phi) is 4.16. The predicted molar refractivity (Wildman–Crippen MR) is 111 cm³/mol. The van der Waals surface area contributed by atoms with Crippen molar-refractivity contribution in [3.63, 3.8) is 0 Å². The highest BCUT2D eigenvalue weighted by Crippen LogP contribution is 2.44. The molecular formula is C21H20N4O2S. The van der Waals surface area contributed by atoms with E-state index in [-0.39, 0.29) is 18.9 Å². The topological polar surface area (TPSA) is 51.6 Å². The van der Waals surface area contributed by atoms with Crippen LogP contribution in [0.4, 0.5) is 5.69 Å². The first-order valence-electron chi connectivity index (χ1n) is 9.31. The largest absolute Gasteiger partial charge is 0.454 e. The minimum Gasteiger partial charge on any atom is -0.454 e. The molecule has 4 heterocycles. The van der Waals surface area contributed by atoms with Crippen molar-refractivity contribution in [3.05, 3.63) is 72.3 Å². The summed E-state index contributed by atoms with van der Waals surface area (Å²) >= 11 is 5.76. The van der Waals surface area contributed by atoms with Crippen LogP contribution in [0.3, 0.4) is 0 Å². The van der Waals surface area contributed by atoms with Gasteiger partial charge in [-0.3, -0.25) is 4.98 Å². The highest BCUT2D eigenvalue weighted by Gasteiger charge is 2.42. The number of anilines is 1. The second kappa shape index (κ2) is 6.83. The number of nitrogens with zero attached hydrogens (tertiary/aromatic N) is 3. The number of nitrogens with one attached hydrogen (secondary N) is 1. The van der Waals surface area contributed by atoms with Crippen molar-refractivity contribution < 1.29 is 9.47 Å². The number of rotatable bonds is 4. The van der Waals surface area contributed by atoms with Crippen LogP contribution in [0.5, 0.6) is 11.5 Å². The maximum Gasteiger partial charge on any atom is 0.231 e. The van der Waals surface area contributed by atoms with Crippen LogP contribution in [0.1, 0.15) is 30.4 Å². The van der Waals surface area contributed by atoms with Crippen LogP contribution in [-0.4, -0.2) is 21.5 Å². The number of hydrogen-bond acceptors (Lipinski definition) is 4. The second-order valence-corrected chi connectivity index (χ2v) is 7.14. The molecule has 7 heteroatoms. The maximum atomic E-state index is 5.76. The first-order valence-corrected chi connectivity index (χ1v) is 9.72. The van der Waals surface area contributed by atoms with Crippen molar-refractivity contribution in [3.8, 4) is 11.5 Å². The SMILES string of the molecule is CCn1cccc1[C@@H]1[C@H](c2ccccn2)NC(=S)N1c1ccc2c(c1)OCO2. The molecule has 1 saturated heterocycles. The normalized spacial score (nSPS) is 20.5. The highest BCUT2D eigenvalue weighted by molar-refractivity contribution is 7.80. The van der Waals surface area contributed by atoms with Crippen molar-refractivity contribution in [1.82, 2.24) is 14.9 Å². The summed E-state index contributed by atoms with van der Waals surface area (Å²) in [6, 6.07) is 16.1. The number of fused-ring (bicyclic) bond motifs is 1. The smallest absolute Gasteiger partial charge is 0.231 e. The minimum atomic E-state index is -0.0562. The van der Waals surface area contributed by atoms with Crippen molar-refractivity contribution in [2.45, 2.75) is 25.6 Å². The van der Waals surface area contributed by atoms with Gasteiger partial charge >= 0.3 is 0 Å². The van der Waals surface area contributed by atoms with Gasteiger partial charge in [-0.1, -0.05) is 6.07 Å². The molecule has 0 amide bonds. The third kappa shape index (κ3) is 2.70. The molecule has 2 aliphatic rings. The van der Waals surface area contributed by atoms with Gasteiger partial charge in [-0.25, -0.2) is 0 Å². The molecule has 0 bridgehead atoms. The molecule has 0 aliphatic carbocycles. The van der Waals surface area contributed by atoms with Crippen molar-refractivity contribution in [2.75, 3.05) is 11.7 Å². The van der Waals surface area contributed by atoms with E-state index < -0.39 is 0 Å². The molecule has 1 aromatic carbocycles. The molecular weight excluding hydrogens is 372 g/mol. The van der Waals surface area contributed by atoms with Gasteiger partial charge in [0.15, 0.2) is 16.6 Å². The lowest BCUT2D eigenvalue weighted by Crippen LogP contribution is -2.30. The molecule has 0 radical (unpaired) electrons. The van der Waals surface area contributed by atoms with E-state index in [0.717, 1.165) is 29.4 Å². The zero-order valence-electron chi connectivity index (χ0n) is 15.4. The summed E-state index contributed by atoms with van der Waals surface area (Å²) in [4.78, 5) is 6.74. The van der Waals surface area contributed by atoms with E-state index in [1.165, 1.54) is 5.69 Å². The van der Waals surface area contributed by atoms with Crippen molar-refractivity contribution in [1.29, 1.82) is 0 Å². The molecule has 2 aliphatic heterocycles. The van der Waals surface area contributed by atoms with Gasteiger partial charge < -0.3 is 24.3 Å². The number of hydrogen-bond donors (Lipinski definition) is 1. The number of pyridine rings is 1. The van der Waals surface area contributed by atoms with Crippen molar-refractivity contribution >= 4 is 23.0 Å². The molecule has 1 N–H and O–H groups in total. The summed E-state index contributed by atoms with van der Waals surface area (Å²) in [5, 5.41) is 4.16. The van der Waals surface area contributed by atoms with Gasteiger partial charge in [0.1, 0.15) is 6.04 Å². The van der Waals surface area contributed by atoms with E-state index in [9.17, 15) is 0 Å². The van der Waals surface area contributed by atoms with E-state index in [1.54, 1.807) is 0 Å².